The average Bonchev–Trinajstić information content (AvgIpc) is 2.54. The first-order valence-corrected chi connectivity index (χ1v) is 10.2. The molecule has 8 heteroatoms. The number of hydrogen-bond donors (Lipinski definition) is 0. The van der Waals surface area contributed by atoms with Crippen molar-refractivity contribution in [3.05, 3.63) is 0 Å². The van der Waals surface area contributed by atoms with Crippen molar-refractivity contribution >= 4 is 7.82 Å². The monoisotopic (exact) mass is 356 g/mol. The second kappa shape index (κ2) is 16.8. The summed E-state index contributed by atoms with van der Waals surface area (Å²) in [7, 11) is -4.03. The Labute approximate surface area is 140 Å². The molecule has 0 N–H and O–H groups in total. The molecular weight excluding hydrogens is 323 g/mol. The molecule has 0 aliphatic heterocycles. The fraction of sp³-hybridized carbons (Fsp3) is 1.00. The first kappa shape index (κ1) is 23.0. The van der Waals surface area contributed by atoms with Gasteiger partial charge in [0.2, 0.25) is 0 Å². The van der Waals surface area contributed by atoms with Gasteiger partial charge in [-0.3, -0.25) is 0 Å². The largest absolute Gasteiger partial charge is 0.556 e. The van der Waals surface area contributed by atoms with Gasteiger partial charge in [0.25, 0.3) is 0 Å². The highest BCUT2D eigenvalue weighted by atomic mass is 31.2. The molecule has 0 amide bonds. The summed E-state index contributed by atoms with van der Waals surface area (Å²) in [6, 6.07) is 0. The number of unbranched alkanes of at least 4 members (excludes halogenated alkanes) is 6. The number of hydrogen-bond acceptors (Lipinski definition) is 7. The predicted molar refractivity (Wildman–Crippen MR) is 87.3 cm³/mol. The van der Waals surface area contributed by atoms with Gasteiger partial charge in [0.05, 0.1) is 19.8 Å². The van der Waals surface area contributed by atoms with Gasteiger partial charge < -0.3 is 0 Å². The van der Waals surface area contributed by atoms with Crippen LogP contribution in [0.5, 0.6) is 0 Å². The van der Waals surface area contributed by atoms with E-state index in [4.69, 9.17) is 28.7 Å². The standard InChI is InChI=1S/C15H33O7P/c1-4-7-10-13-17-20-23(16,21-18-14-11-8-5-2)22-19-15-12-9-6-3/h4-15H2,1-3H3. The van der Waals surface area contributed by atoms with Crippen LogP contribution in [-0.2, 0) is 33.3 Å². The molecule has 0 saturated heterocycles. The third-order valence-electron chi connectivity index (χ3n) is 2.93. The smallest absolute Gasteiger partial charge is 0.226 e. The maximum atomic E-state index is 12.3. The molecule has 0 bridgehead atoms. The van der Waals surface area contributed by atoms with Gasteiger partial charge >= 0.3 is 7.82 Å². The van der Waals surface area contributed by atoms with Gasteiger partial charge in [-0.1, -0.05) is 59.3 Å². The molecule has 140 valence electrons. The SMILES string of the molecule is CCCCCOOP(=O)(OOCCCCC)OOCCCCC. The first-order valence-electron chi connectivity index (χ1n) is 8.72. The van der Waals surface area contributed by atoms with Crippen molar-refractivity contribution in [1.82, 2.24) is 0 Å². The summed E-state index contributed by atoms with van der Waals surface area (Å²) < 4.78 is 26.5. The van der Waals surface area contributed by atoms with Crippen LogP contribution in [0, 0.1) is 0 Å². The van der Waals surface area contributed by atoms with Crippen LogP contribution < -0.4 is 0 Å². The second-order valence-corrected chi connectivity index (χ2v) is 6.60. The fourth-order valence-corrected chi connectivity index (χ4v) is 2.26. The minimum atomic E-state index is -4.03. The summed E-state index contributed by atoms with van der Waals surface area (Å²) in [6.07, 6.45) is 8.53. The summed E-state index contributed by atoms with van der Waals surface area (Å²) in [4.78, 5) is 14.7. The zero-order valence-electron chi connectivity index (χ0n) is 14.8. The second-order valence-electron chi connectivity index (χ2n) is 5.26. The van der Waals surface area contributed by atoms with E-state index >= 15 is 0 Å². The molecule has 0 aromatic heterocycles. The highest BCUT2D eigenvalue weighted by Crippen LogP contribution is 2.50. The van der Waals surface area contributed by atoms with E-state index in [-0.39, 0.29) is 0 Å². The topological polar surface area (TPSA) is 72.5 Å². The Balaban J connectivity index is 4.03. The molecule has 0 aromatic carbocycles. The lowest BCUT2D eigenvalue weighted by Gasteiger charge is -2.14. The number of phosphoric acid groups is 1. The van der Waals surface area contributed by atoms with E-state index in [2.05, 4.69) is 20.8 Å². The zero-order valence-corrected chi connectivity index (χ0v) is 15.7. The predicted octanol–water partition coefficient (Wildman–Crippen LogP) is 5.51. The molecular formula is C15H33O7P. The fourth-order valence-electron chi connectivity index (χ4n) is 1.58. The van der Waals surface area contributed by atoms with Crippen molar-refractivity contribution in [2.24, 2.45) is 0 Å². The van der Waals surface area contributed by atoms with Crippen LogP contribution in [0.1, 0.15) is 78.6 Å². The molecule has 0 atom stereocenters. The van der Waals surface area contributed by atoms with Crippen LogP contribution in [-0.4, -0.2) is 19.8 Å². The zero-order chi connectivity index (χ0) is 17.2. The maximum absolute atomic E-state index is 12.3. The molecule has 0 aliphatic rings. The molecule has 7 nitrogen and oxygen atoms in total. The van der Waals surface area contributed by atoms with Crippen molar-refractivity contribution < 1.29 is 33.3 Å². The van der Waals surface area contributed by atoms with Crippen molar-refractivity contribution in [2.45, 2.75) is 78.6 Å². The lowest BCUT2D eigenvalue weighted by molar-refractivity contribution is -0.325. The number of rotatable bonds is 18. The molecule has 0 aromatic rings. The van der Waals surface area contributed by atoms with Crippen molar-refractivity contribution in [3.8, 4) is 0 Å². The van der Waals surface area contributed by atoms with Crippen LogP contribution in [0.2, 0.25) is 0 Å². The Morgan fingerprint density at radius 3 is 1.13 bits per heavy atom. The molecule has 0 spiro atoms. The minimum absolute atomic E-state index is 0.302. The van der Waals surface area contributed by atoms with Gasteiger partial charge in [-0.2, -0.15) is 0 Å². The van der Waals surface area contributed by atoms with Crippen LogP contribution in [0.4, 0.5) is 0 Å². The van der Waals surface area contributed by atoms with E-state index in [0.717, 1.165) is 57.8 Å². The van der Waals surface area contributed by atoms with E-state index < -0.39 is 7.82 Å². The third-order valence-corrected chi connectivity index (χ3v) is 3.79. The minimum Gasteiger partial charge on any atom is -0.226 e. The van der Waals surface area contributed by atoms with Gasteiger partial charge in [-0.15, -0.1) is 14.0 Å². The van der Waals surface area contributed by atoms with E-state index in [1.54, 1.807) is 0 Å². The molecule has 23 heavy (non-hydrogen) atoms. The molecule has 0 saturated carbocycles. The van der Waals surface area contributed by atoms with Gasteiger partial charge in [0.1, 0.15) is 0 Å². The van der Waals surface area contributed by atoms with E-state index in [0.29, 0.717) is 19.8 Å². The van der Waals surface area contributed by atoms with E-state index in [1.807, 2.05) is 0 Å². The highest BCUT2D eigenvalue weighted by Gasteiger charge is 2.32. The molecule has 0 heterocycles. The van der Waals surface area contributed by atoms with Crippen molar-refractivity contribution in [2.75, 3.05) is 19.8 Å². The molecule has 0 aliphatic carbocycles. The quantitative estimate of drug-likeness (QED) is 0.139. The van der Waals surface area contributed by atoms with Crippen molar-refractivity contribution in [3.63, 3.8) is 0 Å². The molecule has 0 unspecified atom stereocenters. The Kier molecular flexibility index (Phi) is 16.8. The van der Waals surface area contributed by atoms with Crippen LogP contribution in [0.25, 0.3) is 0 Å². The van der Waals surface area contributed by atoms with E-state index in [1.165, 1.54) is 0 Å². The van der Waals surface area contributed by atoms with Gasteiger partial charge in [0, 0.05) is 0 Å². The summed E-state index contributed by atoms with van der Waals surface area (Å²) in [5.74, 6) is 0. The average molecular weight is 356 g/mol. The van der Waals surface area contributed by atoms with Gasteiger partial charge in [-0.25, -0.2) is 19.2 Å². The third kappa shape index (κ3) is 15.3. The summed E-state index contributed by atoms with van der Waals surface area (Å²) in [6.45, 7) is 7.13. The molecule has 0 rings (SSSR count). The summed E-state index contributed by atoms with van der Waals surface area (Å²) >= 11 is 0. The Bertz CT molecular complexity index is 246. The highest BCUT2D eigenvalue weighted by molar-refractivity contribution is 7.48. The van der Waals surface area contributed by atoms with Crippen LogP contribution in [0.15, 0.2) is 0 Å². The lowest BCUT2D eigenvalue weighted by atomic mass is 10.3. The first-order chi connectivity index (χ1) is 11.2. The van der Waals surface area contributed by atoms with Crippen LogP contribution >= 0.6 is 7.82 Å². The Hall–Kier alpha value is -0.0100. The Morgan fingerprint density at radius 1 is 0.565 bits per heavy atom. The van der Waals surface area contributed by atoms with Gasteiger partial charge in [-0.05, 0) is 19.3 Å². The normalized spacial score (nSPS) is 12.0. The van der Waals surface area contributed by atoms with Gasteiger partial charge in [0.15, 0.2) is 0 Å². The summed E-state index contributed by atoms with van der Waals surface area (Å²) in [5.41, 5.74) is 0. The Morgan fingerprint density at radius 2 is 0.870 bits per heavy atom. The molecule has 0 fully saturated rings. The summed E-state index contributed by atoms with van der Waals surface area (Å²) in [5, 5.41) is 0. The maximum Gasteiger partial charge on any atom is 0.556 e. The molecule has 0 radical (unpaired) electrons. The van der Waals surface area contributed by atoms with Crippen LogP contribution in [0.3, 0.4) is 0 Å². The van der Waals surface area contributed by atoms with E-state index in [9.17, 15) is 4.57 Å². The lowest BCUT2D eigenvalue weighted by Crippen LogP contribution is -2.05. The van der Waals surface area contributed by atoms with Crippen molar-refractivity contribution in [1.29, 1.82) is 0 Å².